The second-order valence-corrected chi connectivity index (χ2v) is 5.32. The van der Waals surface area contributed by atoms with Gasteiger partial charge in [0.25, 0.3) is 0 Å². The number of halogens is 2. The maximum Gasteiger partial charge on any atom is 0.437 e. The van der Waals surface area contributed by atoms with Gasteiger partial charge in [0.15, 0.2) is 0 Å². The Bertz CT molecular complexity index is 761. The fourth-order valence-corrected chi connectivity index (χ4v) is 1.96. The van der Waals surface area contributed by atoms with Gasteiger partial charge >= 0.3 is 6.09 Å². The number of amides is 1. The van der Waals surface area contributed by atoms with Crippen LogP contribution in [-0.4, -0.2) is 17.6 Å². The van der Waals surface area contributed by atoms with Gasteiger partial charge in [0, 0.05) is 11.3 Å². The van der Waals surface area contributed by atoms with Crippen LogP contribution in [0.1, 0.15) is 17.3 Å². The van der Waals surface area contributed by atoms with Gasteiger partial charge in [-0.3, -0.25) is 14.9 Å². The van der Waals surface area contributed by atoms with Gasteiger partial charge in [-0.25, -0.2) is 4.79 Å². The van der Waals surface area contributed by atoms with Crippen molar-refractivity contribution in [2.75, 3.05) is 5.32 Å². The Hall–Kier alpha value is -2.37. The molecule has 23 heavy (non-hydrogen) atoms. The second kappa shape index (κ2) is 7.76. The zero-order valence-electron chi connectivity index (χ0n) is 12.0. The number of hydrogen-bond acceptors (Lipinski definition) is 4. The van der Waals surface area contributed by atoms with Crippen molar-refractivity contribution < 1.29 is 14.4 Å². The van der Waals surface area contributed by atoms with Crippen molar-refractivity contribution >= 4 is 46.5 Å². The van der Waals surface area contributed by atoms with E-state index in [1.165, 1.54) is 19.1 Å². The van der Waals surface area contributed by atoms with E-state index < -0.39 is 6.09 Å². The fraction of sp³-hybridized carbons (Fsp3) is 0.0625. The fourth-order valence-electron chi connectivity index (χ4n) is 1.66. The highest BCUT2D eigenvalue weighted by Crippen LogP contribution is 2.25. The highest BCUT2D eigenvalue weighted by molar-refractivity contribution is 6.45. The topological polar surface area (TPSA) is 67.8 Å². The molecule has 0 aliphatic heterocycles. The Morgan fingerprint density at radius 3 is 2.39 bits per heavy atom. The molecule has 0 unspecified atom stereocenters. The lowest BCUT2D eigenvalue weighted by molar-refractivity contribution is 0.105. The number of Topliss-reactive ketones (excluding diaryl/α,β-unsaturated/α-hetero) is 1. The molecular weight excluding hydrogens is 339 g/mol. The first kappa shape index (κ1) is 17.0. The van der Waals surface area contributed by atoms with Crippen molar-refractivity contribution in [2.45, 2.75) is 6.92 Å². The molecule has 0 spiro atoms. The second-order valence-electron chi connectivity index (χ2n) is 4.50. The summed E-state index contributed by atoms with van der Waals surface area (Å²) in [5.41, 5.74) is 0.911. The lowest BCUT2D eigenvalue weighted by Crippen LogP contribution is -2.15. The summed E-state index contributed by atoms with van der Waals surface area (Å²) >= 11 is 11.6. The molecule has 0 heterocycles. The maximum atomic E-state index is 12.0. The molecule has 118 valence electrons. The van der Waals surface area contributed by atoms with E-state index in [9.17, 15) is 9.59 Å². The van der Waals surface area contributed by atoms with Crippen molar-refractivity contribution in [3.8, 4) is 0 Å². The summed E-state index contributed by atoms with van der Waals surface area (Å²) in [4.78, 5) is 28.3. The van der Waals surface area contributed by atoms with E-state index in [2.05, 4.69) is 15.3 Å². The van der Waals surface area contributed by atoms with E-state index in [1.807, 2.05) is 0 Å². The van der Waals surface area contributed by atoms with E-state index >= 15 is 0 Å². The molecule has 0 bridgehead atoms. The van der Waals surface area contributed by atoms with Gasteiger partial charge < -0.3 is 0 Å². The molecule has 1 N–H and O–H groups in total. The van der Waals surface area contributed by atoms with Crippen LogP contribution < -0.4 is 5.32 Å². The van der Waals surface area contributed by atoms with Crippen LogP contribution in [0.15, 0.2) is 53.7 Å². The van der Waals surface area contributed by atoms with Crippen molar-refractivity contribution in [3.05, 3.63) is 64.1 Å². The van der Waals surface area contributed by atoms with Crippen LogP contribution in [0.25, 0.3) is 0 Å². The third kappa shape index (κ3) is 4.81. The molecule has 0 fully saturated rings. The quantitative estimate of drug-likeness (QED) is 0.372. The number of hydrogen-bond donors (Lipinski definition) is 1. The number of oxime groups is 1. The summed E-state index contributed by atoms with van der Waals surface area (Å²) in [7, 11) is 0. The number of nitrogens with one attached hydrogen (secondary N) is 1. The van der Waals surface area contributed by atoms with Crippen LogP contribution in [0.2, 0.25) is 10.0 Å². The Labute approximate surface area is 142 Å². The van der Waals surface area contributed by atoms with Crippen LogP contribution >= 0.6 is 23.2 Å². The van der Waals surface area contributed by atoms with Gasteiger partial charge in [-0.15, -0.1) is 0 Å². The Morgan fingerprint density at radius 2 is 1.74 bits per heavy atom. The number of carbonyl (C=O) groups is 2. The van der Waals surface area contributed by atoms with Crippen molar-refractivity contribution in [1.29, 1.82) is 0 Å². The van der Waals surface area contributed by atoms with E-state index in [-0.39, 0.29) is 11.5 Å². The summed E-state index contributed by atoms with van der Waals surface area (Å²) in [5.74, 6) is -0.326. The third-order valence-electron chi connectivity index (χ3n) is 2.80. The highest BCUT2D eigenvalue weighted by Gasteiger charge is 2.11. The highest BCUT2D eigenvalue weighted by atomic mass is 35.5. The molecule has 0 radical (unpaired) electrons. The number of nitrogens with zero attached hydrogens (tertiary/aromatic N) is 1. The molecule has 2 rings (SSSR count). The minimum absolute atomic E-state index is 0.0560. The molecule has 2 aromatic rings. The maximum absolute atomic E-state index is 12.0. The molecule has 0 aliphatic rings. The first-order valence-electron chi connectivity index (χ1n) is 6.55. The van der Waals surface area contributed by atoms with Gasteiger partial charge in [-0.2, -0.15) is 0 Å². The molecule has 5 nitrogen and oxygen atoms in total. The molecule has 2 aromatic carbocycles. The van der Waals surface area contributed by atoms with Gasteiger partial charge in [0.05, 0.1) is 10.0 Å². The molecule has 1 amide bonds. The molecule has 7 heteroatoms. The summed E-state index contributed by atoms with van der Waals surface area (Å²) in [6, 6.07) is 13.1. The predicted molar refractivity (Wildman–Crippen MR) is 90.4 cm³/mol. The average Bonchev–Trinajstić information content (AvgIpc) is 2.56. The van der Waals surface area contributed by atoms with Gasteiger partial charge in [0.1, 0.15) is 5.71 Å². The molecule has 0 aromatic heterocycles. The SMILES string of the molecule is C/C(=N/OC(=O)Nc1ccc(Cl)c(Cl)c1)C(=O)c1ccccc1. The zero-order valence-corrected chi connectivity index (χ0v) is 13.6. The van der Waals surface area contributed by atoms with Gasteiger partial charge in [0.2, 0.25) is 5.78 Å². The zero-order chi connectivity index (χ0) is 16.8. The third-order valence-corrected chi connectivity index (χ3v) is 3.54. The van der Waals surface area contributed by atoms with Crippen molar-refractivity contribution in [1.82, 2.24) is 0 Å². The van der Waals surface area contributed by atoms with E-state index in [4.69, 9.17) is 23.2 Å². The van der Waals surface area contributed by atoms with Crippen LogP contribution in [0.5, 0.6) is 0 Å². The predicted octanol–water partition coefficient (Wildman–Crippen LogP) is 4.80. The smallest absolute Gasteiger partial charge is 0.297 e. The van der Waals surface area contributed by atoms with Crippen LogP contribution in [0.3, 0.4) is 0 Å². The minimum atomic E-state index is -0.844. The minimum Gasteiger partial charge on any atom is -0.297 e. The van der Waals surface area contributed by atoms with Crippen LogP contribution in [0.4, 0.5) is 10.5 Å². The van der Waals surface area contributed by atoms with Crippen LogP contribution in [-0.2, 0) is 4.84 Å². The molecule has 0 saturated heterocycles. The lowest BCUT2D eigenvalue weighted by Gasteiger charge is -2.05. The summed E-state index contributed by atoms with van der Waals surface area (Å²) < 4.78 is 0. The number of benzene rings is 2. The standard InChI is InChI=1S/C16H12Cl2N2O3/c1-10(15(21)11-5-3-2-4-6-11)20-23-16(22)19-12-7-8-13(17)14(18)9-12/h2-9H,1H3,(H,19,22)/b20-10-. The first-order valence-corrected chi connectivity index (χ1v) is 7.30. The monoisotopic (exact) mass is 350 g/mol. The largest absolute Gasteiger partial charge is 0.437 e. The normalized spacial score (nSPS) is 11.0. The number of rotatable bonds is 4. The van der Waals surface area contributed by atoms with E-state index in [0.29, 0.717) is 21.3 Å². The Balaban J connectivity index is 1.97. The number of carbonyl (C=O) groups excluding carboxylic acids is 2. The Kier molecular flexibility index (Phi) is 5.73. The van der Waals surface area contributed by atoms with Crippen LogP contribution in [0, 0.1) is 0 Å². The Morgan fingerprint density at radius 1 is 1.04 bits per heavy atom. The summed E-state index contributed by atoms with van der Waals surface area (Å²) in [5, 5.41) is 6.62. The van der Waals surface area contributed by atoms with Gasteiger partial charge in [-0.05, 0) is 25.1 Å². The van der Waals surface area contributed by atoms with Crippen molar-refractivity contribution in [2.24, 2.45) is 5.16 Å². The molecule has 0 atom stereocenters. The summed E-state index contributed by atoms with van der Waals surface area (Å²) in [6.45, 7) is 1.46. The number of anilines is 1. The van der Waals surface area contributed by atoms with Crippen molar-refractivity contribution in [3.63, 3.8) is 0 Å². The lowest BCUT2D eigenvalue weighted by atomic mass is 10.1. The van der Waals surface area contributed by atoms with E-state index in [1.54, 1.807) is 36.4 Å². The van der Waals surface area contributed by atoms with E-state index in [0.717, 1.165) is 0 Å². The molecular formula is C16H12Cl2N2O3. The molecule has 0 aliphatic carbocycles. The summed E-state index contributed by atoms with van der Waals surface area (Å²) in [6.07, 6.45) is -0.844. The van der Waals surface area contributed by atoms with Gasteiger partial charge in [-0.1, -0.05) is 58.7 Å². The number of ketones is 1. The molecule has 0 saturated carbocycles. The first-order chi connectivity index (χ1) is 11.0. The average molecular weight is 351 g/mol.